The molecule has 0 spiro atoms. The molecular formula is C12H16ClNO. The molecule has 1 heterocycles. The van der Waals surface area contributed by atoms with Gasteiger partial charge in [0.1, 0.15) is 5.75 Å². The van der Waals surface area contributed by atoms with E-state index in [4.69, 9.17) is 11.6 Å². The Morgan fingerprint density at radius 1 is 1.33 bits per heavy atom. The highest BCUT2D eigenvalue weighted by molar-refractivity contribution is 6.32. The van der Waals surface area contributed by atoms with Gasteiger partial charge in [-0.1, -0.05) is 11.6 Å². The molecular weight excluding hydrogens is 210 g/mol. The van der Waals surface area contributed by atoms with Gasteiger partial charge in [-0.05, 0) is 62.0 Å². The Morgan fingerprint density at radius 3 is 2.67 bits per heavy atom. The lowest BCUT2D eigenvalue weighted by molar-refractivity contribution is 0.455. The molecule has 1 saturated heterocycles. The van der Waals surface area contributed by atoms with Crippen molar-refractivity contribution in [1.29, 1.82) is 0 Å². The van der Waals surface area contributed by atoms with Crippen LogP contribution in [0.1, 0.15) is 29.9 Å². The Kier molecular flexibility index (Phi) is 3.17. The van der Waals surface area contributed by atoms with E-state index >= 15 is 0 Å². The molecule has 1 aromatic rings. The van der Waals surface area contributed by atoms with Crippen molar-refractivity contribution in [3.05, 3.63) is 28.3 Å². The second kappa shape index (κ2) is 4.42. The molecule has 0 aromatic heterocycles. The van der Waals surface area contributed by atoms with Crippen LogP contribution in [0.3, 0.4) is 0 Å². The number of aromatic hydroxyl groups is 1. The molecule has 2 rings (SSSR count). The van der Waals surface area contributed by atoms with Crippen molar-refractivity contribution in [3.8, 4) is 5.75 Å². The molecule has 0 saturated carbocycles. The van der Waals surface area contributed by atoms with E-state index in [1.165, 1.54) is 5.56 Å². The molecule has 3 heteroatoms. The molecule has 2 nitrogen and oxygen atoms in total. The highest BCUT2D eigenvalue weighted by atomic mass is 35.5. The average Bonchev–Trinajstić information content (AvgIpc) is 2.25. The van der Waals surface area contributed by atoms with Gasteiger partial charge < -0.3 is 10.4 Å². The Balaban J connectivity index is 2.30. The average molecular weight is 226 g/mol. The van der Waals surface area contributed by atoms with Crippen molar-refractivity contribution in [1.82, 2.24) is 5.32 Å². The molecule has 0 radical (unpaired) electrons. The maximum atomic E-state index is 9.48. The summed E-state index contributed by atoms with van der Waals surface area (Å²) in [5.41, 5.74) is 2.43. The van der Waals surface area contributed by atoms with Gasteiger partial charge >= 0.3 is 0 Å². The minimum Gasteiger partial charge on any atom is -0.506 e. The van der Waals surface area contributed by atoms with Gasteiger partial charge in [0.05, 0.1) is 5.02 Å². The second-order valence-electron chi connectivity index (χ2n) is 4.18. The Morgan fingerprint density at radius 2 is 2.00 bits per heavy atom. The summed E-state index contributed by atoms with van der Waals surface area (Å²) in [4.78, 5) is 0. The number of piperidine rings is 1. The van der Waals surface area contributed by atoms with Crippen LogP contribution in [-0.2, 0) is 0 Å². The van der Waals surface area contributed by atoms with Gasteiger partial charge in [-0.25, -0.2) is 0 Å². The van der Waals surface area contributed by atoms with E-state index in [2.05, 4.69) is 5.32 Å². The first-order valence-electron chi connectivity index (χ1n) is 5.38. The van der Waals surface area contributed by atoms with Crippen molar-refractivity contribution in [2.24, 2.45) is 0 Å². The second-order valence-corrected chi connectivity index (χ2v) is 4.59. The lowest BCUT2D eigenvalue weighted by Crippen LogP contribution is -2.26. The van der Waals surface area contributed by atoms with Crippen molar-refractivity contribution < 1.29 is 5.11 Å². The summed E-state index contributed by atoms with van der Waals surface area (Å²) in [6.45, 7) is 4.18. The van der Waals surface area contributed by atoms with Gasteiger partial charge in [0.25, 0.3) is 0 Å². The number of nitrogens with one attached hydrogen (secondary N) is 1. The molecule has 0 amide bonds. The highest BCUT2D eigenvalue weighted by Gasteiger charge is 2.18. The summed E-state index contributed by atoms with van der Waals surface area (Å²) in [7, 11) is 0. The number of benzene rings is 1. The predicted octanol–water partition coefficient (Wildman–Crippen LogP) is 2.82. The number of phenols is 1. The molecule has 1 aromatic carbocycles. The maximum absolute atomic E-state index is 9.48. The van der Waals surface area contributed by atoms with Crippen molar-refractivity contribution in [2.45, 2.75) is 25.7 Å². The van der Waals surface area contributed by atoms with Gasteiger partial charge in [0.2, 0.25) is 0 Å². The minimum absolute atomic E-state index is 0.187. The summed E-state index contributed by atoms with van der Waals surface area (Å²) in [6.07, 6.45) is 2.31. The van der Waals surface area contributed by atoms with Gasteiger partial charge in [0.15, 0.2) is 0 Å². The predicted molar refractivity (Wildman–Crippen MR) is 62.7 cm³/mol. The molecule has 15 heavy (non-hydrogen) atoms. The van der Waals surface area contributed by atoms with Crippen LogP contribution in [0.5, 0.6) is 5.75 Å². The fraction of sp³-hybridized carbons (Fsp3) is 0.500. The minimum atomic E-state index is 0.187. The zero-order valence-corrected chi connectivity index (χ0v) is 9.64. The molecule has 1 fully saturated rings. The highest BCUT2D eigenvalue weighted by Crippen LogP contribution is 2.34. The number of phenolic OH excluding ortho intramolecular Hbond substituents is 1. The van der Waals surface area contributed by atoms with Crippen molar-refractivity contribution in [2.75, 3.05) is 13.1 Å². The molecule has 1 aliphatic heterocycles. The van der Waals surface area contributed by atoms with Crippen LogP contribution in [0.25, 0.3) is 0 Å². The third-order valence-electron chi connectivity index (χ3n) is 3.11. The molecule has 2 N–H and O–H groups in total. The van der Waals surface area contributed by atoms with Crippen LogP contribution in [-0.4, -0.2) is 18.2 Å². The fourth-order valence-electron chi connectivity index (χ4n) is 2.25. The first-order chi connectivity index (χ1) is 7.18. The van der Waals surface area contributed by atoms with Crippen LogP contribution in [0.4, 0.5) is 0 Å². The van der Waals surface area contributed by atoms with Crippen LogP contribution < -0.4 is 5.32 Å². The largest absolute Gasteiger partial charge is 0.506 e. The first kappa shape index (κ1) is 10.8. The Hall–Kier alpha value is -0.730. The zero-order valence-electron chi connectivity index (χ0n) is 8.89. The van der Waals surface area contributed by atoms with Crippen molar-refractivity contribution >= 4 is 11.6 Å². The molecule has 0 atom stereocenters. The normalized spacial score (nSPS) is 18.0. The van der Waals surface area contributed by atoms with Crippen LogP contribution in [0.2, 0.25) is 5.02 Å². The van der Waals surface area contributed by atoms with Crippen LogP contribution in [0.15, 0.2) is 12.1 Å². The van der Waals surface area contributed by atoms with E-state index in [0.29, 0.717) is 10.9 Å². The lowest BCUT2D eigenvalue weighted by atomic mass is 9.87. The monoisotopic (exact) mass is 225 g/mol. The van der Waals surface area contributed by atoms with Crippen LogP contribution >= 0.6 is 11.6 Å². The van der Waals surface area contributed by atoms with E-state index in [9.17, 15) is 5.11 Å². The van der Waals surface area contributed by atoms with Crippen molar-refractivity contribution in [3.63, 3.8) is 0 Å². The number of hydrogen-bond donors (Lipinski definition) is 2. The SMILES string of the molecule is Cc1cc(O)c(Cl)cc1C1CCNCC1. The lowest BCUT2D eigenvalue weighted by Gasteiger charge is -2.24. The molecule has 82 valence electrons. The molecule has 0 unspecified atom stereocenters. The quantitative estimate of drug-likeness (QED) is 0.771. The third kappa shape index (κ3) is 2.27. The smallest absolute Gasteiger partial charge is 0.134 e. The number of halogens is 1. The van der Waals surface area contributed by atoms with E-state index < -0.39 is 0 Å². The topological polar surface area (TPSA) is 32.3 Å². The third-order valence-corrected chi connectivity index (χ3v) is 3.42. The molecule has 0 aliphatic carbocycles. The number of rotatable bonds is 1. The summed E-state index contributed by atoms with van der Waals surface area (Å²) in [5.74, 6) is 0.774. The first-order valence-corrected chi connectivity index (χ1v) is 5.76. The summed E-state index contributed by atoms with van der Waals surface area (Å²) < 4.78 is 0. The van der Waals surface area contributed by atoms with E-state index in [1.54, 1.807) is 6.07 Å². The summed E-state index contributed by atoms with van der Waals surface area (Å²) in [6, 6.07) is 3.68. The standard InChI is InChI=1S/C12H16ClNO/c1-8-6-12(15)11(13)7-10(8)9-2-4-14-5-3-9/h6-7,9,14-15H,2-5H2,1H3. The van der Waals surface area contributed by atoms with Crippen LogP contribution in [0, 0.1) is 6.92 Å². The Labute approximate surface area is 95.3 Å². The Bertz CT molecular complexity index is 359. The summed E-state index contributed by atoms with van der Waals surface area (Å²) >= 11 is 5.94. The van der Waals surface area contributed by atoms with E-state index in [1.807, 2.05) is 13.0 Å². The maximum Gasteiger partial charge on any atom is 0.134 e. The van der Waals surface area contributed by atoms with Gasteiger partial charge in [-0.3, -0.25) is 0 Å². The fourth-order valence-corrected chi connectivity index (χ4v) is 2.43. The van der Waals surface area contributed by atoms with Gasteiger partial charge in [0, 0.05) is 0 Å². The zero-order chi connectivity index (χ0) is 10.8. The number of hydrogen-bond acceptors (Lipinski definition) is 2. The molecule has 1 aliphatic rings. The van der Waals surface area contributed by atoms with Gasteiger partial charge in [-0.15, -0.1) is 0 Å². The van der Waals surface area contributed by atoms with E-state index in [0.717, 1.165) is 31.5 Å². The van der Waals surface area contributed by atoms with E-state index in [-0.39, 0.29) is 5.75 Å². The summed E-state index contributed by atoms with van der Waals surface area (Å²) in [5, 5.41) is 13.3. The molecule has 0 bridgehead atoms. The number of aryl methyl sites for hydroxylation is 1. The van der Waals surface area contributed by atoms with Gasteiger partial charge in [-0.2, -0.15) is 0 Å².